The molecule has 2 N–H and O–H groups in total. The van der Waals surface area contributed by atoms with Crippen LogP contribution in [0.3, 0.4) is 0 Å². The van der Waals surface area contributed by atoms with Gasteiger partial charge in [0, 0.05) is 30.0 Å². The zero-order chi connectivity index (χ0) is 15.5. The van der Waals surface area contributed by atoms with Crippen LogP contribution in [0.1, 0.15) is 0 Å². The van der Waals surface area contributed by atoms with Crippen LogP contribution in [0.2, 0.25) is 0 Å². The molecule has 0 aliphatic carbocycles. The Labute approximate surface area is 131 Å². The largest absolute Gasteiger partial charge is 0.497 e. The van der Waals surface area contributed by atoms with E-state index >= 15 is 0 Å². The minimum absolute atomic E-state index is 0.0754. The van der Waals surface area contributed by atoms with Gasteiger partial charge in [0.15, 0.2) is 0 Å². The smallest absolute Gasteiger partial charge is 0.265 e. The summed E-state index contributed by atoms with van der Waals surface area (Å²) in [4.78, 5) is 3.93. The third-order valence-electron chi connectivity index (χ3n) is 2.70. The van der Waals surface area contributed by atoms with Gasteiger partial charge in [0.25, 0.3) is 10.0 Å². The van der Waals surface area contributed by atoms with Crippen LogP contribution in [-0.4, -0.2) is 27.6 Å². The summed E-state index contributed by atoms with van der Waals surface area (Å²) < 4.78 is 33.2. The second kappa shape index (κ2) is 6.31. The van der Waals surface area contributed by atoms with Crippen LogP contribution in [0.25, 0.3) is 0 Å². The van der Waals surface area contributed by atoms with Crippen molar-refractivity contribution in [2.45, 2.75) is 4.90 Å². The van der Waals surface area contributed by atoms with Gasteiger partial charge in [-0.2, -0.15) is 0 Å². The molecule has 0 saturated carbocycles. The lowest BCUT2D eigenvalue weighted by atomic mass is 10.3. The number of sulfonamides is 1. The number of anilines is 2. The highest BCUT2D eigenvalue weighted by atomic mass is 79.9. The van der Waals surface area contributed by atoms with Gasteiger partial charge in [0.2, 0.25) is 0 Å². The lowest BCUT2D eigenvalue weighted by Gasteiger charge is -2.12. The van der Waals surface area contributed by atoms with Crippen molar-refractivity contribution in [2.75, 3.05) is 24.2 Å². The van der Waals surface area contributed by atoms with Crippen molar-refractivity contribution in [3.05, 3.63) is 41.1 Å². The molecule has 0 aliphatic rings. The Kier molecular flexibility index (Phi) is 4.69. The first-order chi connectivity index (χ1) is 9.96. The van der Waals surface area contributed by atoms with E-state index in [-0.39, 0.29) is 4.90 Å². The van der Waals surface area contributed by atoms with Crippen LogP contribution in [0.5, 0.6) is 5.75 Å². The van der Waals surface area contributed by atoms with Crippen LogP contribution in [-0.2, 0) is 10.0 Å². The SMILES string of the molecule is CNc1ccncc1S(=O)(=O)Nc1cc(Br)cc(OC)c1. The average Bonchev–Trinajstić information content (AvgIpc) is 2.46. The zero-order valence-electron chi connectivity index (χ0n) is 11.4. The molecule has 0 radical (unpaired) electrons. The first-order valence-corrected chi connectivity index (χ1v) is 8.23. The van der Waals surface area contributed by atoms with Gasteiger partial charge in [-0.25, -0.2) is 8.42 Å². The molecule has 112 valence electrons. The Hall–Kier alpha value is -1.80. The number of ether oxygens (including phenoxy) is 1. The van der Waals surface area contributed by atoms with Gasteiger partial charge >= 0.3 is 0 Å². The molecule has 1 aromatic heterocycles. The molecule has 2 rings (SSSR count). The number of pyridine rings is 1. The average molecular weight is 372 g/mol. The van der Waals surface area contributed by atoms with Crippen molar-refractivity contribution >= 4 is 37.3 Å². The van der Waals surface area contributed by atoms with Crippen LogP contribution < -0.4 is 14.8 Å². The number of rotatable bonds is 5. The van der Waals surface area contributed by atoms with Crippen LogP contribution >= 0.6 is 15.9 Å². The van der Waals surface area contributed by atoms with E-state index in [9.17, 15) is 8.42 Å². The molecule has 0 bridgehead atoms. The molecule has 1 aromatic carbocycles. The predicted octanol–water partition coefficient (Wildman–Crippen LogP) is 2.70. The normalized spacial score (nSPS) is 11.0. The first-order valence-electron chi connectivity index (χ1n) is 5.95. The second-order valence-electron chi connectivity index (χ2n) is 4.11. The van der Waals surface area contributed by atoms with Crippen molar-refractivity contribution in [1.82, 2.24) is 4.98 Å². The highest BCUT2D eigenvalue weighted by molar-refractivity contribution is 9.10. The number of hydrogen-bond donors (Lipinski definition) is 2. The first kappa shape index (κ1) is 15.6. The number of nitrogens with zero attached hydrogens (tertiary/aromatic N) is 1. The van der Waals surface area contributed by atoms with Crippen LogP contribution in [0.4, 0.5) is 11.4 Å². The third kappa shape index (κ3) is 3.64. The van der Waals surface area contributed by atoms with Gasteiger partial charge in [-0.05, 0) is 18.2 Å². The molecule has 0 spiro atoms. The number of hydrogen-bond acceptors (Lipinski definition) is 5. The third-order valence-corrected chi connectivity index (χ3v) is 4.57. The van der Waals surface area contributed by atoms with E-state index < -0.39 is 10.0 Å². The van der Waals surface area contributed by atoms with E-state index in [0.29, 0.717) is 21.6 Å². The summed E-state index contributed by atoms with van der Waals surface area (Å²) in [6.45, 7) is 0. The maximum atomic E-state index is 12.4. The number of methoxy groups -OCH3 is 1. The molecular formula is C13H14BrN3O3S. The number of halogens is 1. The molecule has 0 amide bonds. The molecular weight excluding hydrogens is 358 g/mol. The lowest BCUT2D eigenvalue weighted by molar-refractivity contribution is 0.415. The number of nitrogens with one attached hydrogen (secondary N) is 2. The quantitative estimate of drug-likeness (QED) is 0.844. The number of aromatic nitrogens is 1. The Morgan fingerprint density at radius 3 is 2.71 bits per heavy atom. The van der Waals surface area contributed by atoms with E-state index in [4.69, 9.17) is 4.74 Å². The van der Waals surface area contributed by atoms with Gasteiger partial charge < -0.3 is 10.1 Å². The van der Waals surface area contributed by atoms with Gasteiger partial charge in [-0.15, -0.1) is 0 Å². The summed E-state index contributed by atoms with van der Waals surface area (Å²) in [6.07, 6.45) is 2.82. The summed E-state index contributed by atoms with van der Waals surface area (Å²) >= 11 is 3.31. The van der Waals surface area contributed by atoms with Crippen LogP contribution in [0.15, 0.2) is 46.0 Å². The Bertz CT molecular complexity index is 750. The van der Waals surface area contributed by atoms with Crippen molar-refractivity contribution in [3.63, 3.8) is 0 Å². The van der Waals surface area contributed by atoms with Crippen molar-refractivity contribution < 1.29 is 13.2 Å². The molecule has 21 heavy (non-hydrogen) atoms. The molecule has 2 aromatic rings. The molecule has 1 heterocycles. The second-order valence-corrected chi connectivity index (χ2v) is 6.67. The minimum Gasteiger partial charge on any atom is -0.497 e. The topological polar surface area (TPSA) is 80.3 Å². The summed E-state index contributed by atoms with van der Waals surface area (Å²) in [7, 11) is -0.586. The van der Waals surface area contributed by atoms with Crippen molar-refractivity contribution in [3.8, 4) is 5.75 Å². The van der Waals surface area contributed by atoms with Gasteiger partial charge in [0.1, 0.15) is 10.6 Å². The van der Waals surface area contributed by atoms with Crippen molar-refractivity contribution in [1.29, 1.82) is 0 Å². The van der Waals surface area contributed by atoms with E-state index in [1.54, 1.807) is 31.3 Å². The molecule has 0 fully saturated rings. The fourth-order valence-electron chi connectivity index (χ4n) is 1.75. The standard InChI is InChI=1S/C13H14BrN3O3S/c1-15-12-3-4-16-8-13(12)21(18,19)17-10-5-9(14)6-11(7-10)20-2/h3-8,17H,1-2H3,(H,15,16). The van der Waals surface area contributed by atoms with Gasteiger partial charge in [-0.3, -0.25) is 9.71 Å². The highest BCUT2D eigenvalue weighted by Gasteiger charge is 2.19. The van der Waals surface area contributed by atoms with E-state index in [2.05, 4.69) is 31.0 Å². The molecule has 8 heteroatoms. The maximum Gasteiger partial charge on any atom is 0.265 e. The summed E-state index contributed by atoms with van der Waals surface area (Å²) in [5.41, 5.74) is 0.867. The van der Waals surface area contributed by atoms with E-state index in [1.165, 1.54) is 19.5 Å². The Balaban J connectivity index is 2.40. The van der Waals surface area contributed by atoms with Gasteiger partial charge in [-0.1, -0.05) is 15.9 Å². The fraction of sp³-hybridized carbons (Fsp3) is 0.154. The maximum absolute atomic E-state index is 12.4. The van der Waals surface area contributed by atoms with E-state index in [1.807, 2.05) is 0 Å². The predicted molar refractivity (Wildman–Crippen MR) is 85.3 cm³/mol. The molecule has 0 unspecified atom stereocenters. The molecule has 0 aliphatic heterocycles. The molecule has 0 saturated heterocycles. The molecule has 6 nitrogen and oxygen atoms in total. The van der Waals surface area contributed by atoms with Crippen molar-refractivity contribution in [2.24, 2.45) is 0 Å². The molecule has 0 atom stereocenters. The zero-order valence-corrected chi connectivity index (χ0v) is 13.8. The highest BCUT2D eigenvalue weighted by Crippen LogP contribution is 2.27. The summed E-state index contributed by atoms with van der Waals surface area (Å²) in [6, 6.07) is 6.57. The van der Waals surface area contributed by atoms with E-state index in [0.717, 1.165) is 0 Å². The Morgan fingerprint density at radius 2 is 2.05 bits per heavy atom. The summed E-state index contributed by atoms with van der Waals surface area (Å²) in [5.74, 6) is 0.544. The lowest BCUT2D eigenvalue weighted by Crippen LogP contribution is -2.15. The van der Waals surface area contributed by atoms with Crippen LogP contribution in [0, 0.1) is 0 Å². The summed E-state index contributed by atoms with van der Waals surface area (Å²) in [5, 5.41) is 2.83. The number of benzene rings is 1. The Morgan fingerprint density at radius 1 is 1.29 bits per heavy atom. The monoisotopic (exact) mass is 371 g/mol. The fourth-order valence-corrected chi connectivity index (χ4v) is 3.42. The van der Waals surface area contributed by atoms with Gasteiger partial charge in [0.05, 0.1) is 18.5 Å². The minimum atomic E-state index is -3.75.